The van der Waals surface area contributed by atoms with E-state index < -0.39 is 11.6 Å². The molecular formula is C18H21F2N. The monoisotopic (exact) mass is 289 g/mol. The van der Waals surface area contributed by atoms with Crippen molar-refractivity contribution < 1.29 is 8.78 Å². The van der Waals surface area contributed by atoms with Crippen LogP contribution in [0.1, 0.15) is 36.1 Å². The Balaban J connectivity index is 2.25. The summed E-state index contributed by atoms with van der Waals surface area (Å²) in [5.41, 5.74) is 2.85. The van der Waals surface area contributed by atoms with Crippen LogP contribution in [0.25, 0.3) is 0 Å². The Hall–Kier alpha value is -1.74. The summed E-state index contributed by atoms with van der Waals surface area (Å²) in [5.74, 6) is -1.03. The third kappa shape index (κ3) is 4.36. The second kappa shape index (κ2) is 7.32. The molecule has 0 radical (unpaired) electrons. The van der Waals surface area contributed by atoms with Crippen LogP contribution in [-0.4, -0.2) is 6.54 Å². The maximum atomic E-state index is 14.0. The smallest absolute Gasteiger partial charge is 0.130 e. The Labute approximate surface area is 125 Å². The van der Waals surface area contributed by atoms with Crippen molar-refractivity contribution in [3.05, 3.63) is 70.8 Å². The minimum Gasteiger partial charge on any atom is -0.310 e. The predicted molar refractivity (Wildman–Crippen MR) is 82.3 cm³/mol. The van der Waals surface area contributed by atoms with Gasteiger partial charge in [0.05, 0.1) is 0 Å². The molecule has 1 unspecified atom stereocenters. The van der Waals surface area contributed by atoms with Gasteiger partial charge in [-0.25, -0.2) is 8.78 Å². The maximum Gasteiger partial charge on any atom is 0.130 e. The highest BCUT2D eigenvalue weighted by molar-refractivity contribution is 5.28. The molecular weight excluding hydrogens is 268 g/mol. The first-order valence-corrected chi connectivity index (χ1v) is 7.34. The molecule has 1 N–H and O–H groups in total. The number of aryl methyl sites for hydroxylation is 1. The van der Waals surface area contributed by atoms with E-state index in [1.807, 2.05) is 25.1 Å². The molecule has 0 bridgehead atoms. The number of hydrogen-bond donors (Lipinski definition) is 1. The number of halogens is 2. The summed E-state index contributed by atoms with van der Waals surface area (Å²) in [6.07, 6.45) is 1.65. The van der Waals surface area contributed by atoms with Gasteiger partial charge in [0.2, 0.25) is 0 Å². The molecule has 1 atom stereocenters. The van der Waals surface area contributed by atoms with Crippen molar-refractivity contribution in [1.29, 1.82) is 0 Å². The summed E-state index contributed by atoms with van der Waals surface area (Å²) < 4.78 is 27.1. The van der Waals surface area contributed by atoms with E-state index >= 15 is 0 Å². The largest absolute Gasteiger partial charge is 0.310 e. The Morgan fingerprint density at radius 3 is 2.57 bits per heavy atom. The van der Waals surface area contributed by atoms with Gasteiger partial charge in [-0.3, -0.25) is 0 Å². The van der Waals surface area contributed by atoms with Crippen LogP contribution in [0.4, 0.5) is 8.78 Å². The second-order valence-corrected chi connectivity index (χ2v) is 5.37. The first-order valence-electron chi connectivity index (χ1n) is 7.34. The summed E-state index contributed by atoms with van der Waals surface area (Å²) in [4.78, 5) is 0. The number of rotatable bonds is 6. The molecule has 0 spiro atoms. The van der Waals surface area contributed by atoms with Crippen molar-refractivity contribution in [2.24, 2.45) is 0 Å². The van der Waals surface area contributed by atoms with Crippen LogP contribution in [0, 0.1) is 18.6 Å². The van der Waals surface area contributed by atoms with Gasteiger partial charge in [0.1, 0.15) is 11.6 Å². The van der Waals surface area contributed by atoms with Gasteiger partial charge in [-0.1, -0.05) is 42.8 Å². The third-order valence-corrected chi connectivity index (χ3v) is 3.50. The van der Waals surface area contributed by atoms with Crippen molar-refractivity contribution in [3.8, 4) is 0 Å². The molecule has 2 aromatic carbocycles. The van der Waals surface area contributed by atoms with Crippen molar-refractivity contribution in [1.82, 2.24) is 5.32 Å². The summed E-state index contributed by atoms with van der Waals surface area (Å²) in [6.45, 7) is 4.90. The van der Waals surface area contributed by atoms with Crippen molar-refractivity contribution in [3.63, 3.8) is 0 Å². The fraction of sp³-hybridized carbons (Fsp3) is 0.333. The van der Waals surface area contributed by atoms with E-state index in [2.05, 4.69) is 18.3 Å². The Morgan fingerprint density at radius 2 is 1.90 bits per heavy atom. The zero-order valence-corrected chi connectivity index (χ0v) is 12.5. The zero-order chi connectivity index (χ0) is 15.2. The lowest BCUT2D eigenvalue weighted by molar-refractivity contribution is 0.491. The van der Waals surface area contributed by atoms with Crippen molar-refractivity contribution in [2.45, 2.75) is 32.7 Å². The van der Waals surface area contributed by atoms with Gasteiger partial charge in [-0.15, -0.1) is 0 Å². The van der Waals surface area contributed by atoms with Gasteiger partial charge < -0.3 is 5.32 Å². The number of benzene rings is 2. The zero-order valence-electron chi connectivity index (χ0n) is 12.5. The SMILES string of the molecule is CCCNC(Cc1cccc(C)c1)c1ccc(F)cc1F. The fourth-order valence-electron chi connectivity index (χ4n) is 2.47. The van der Waals surface area contributed by atoms with E-state index in [9.17, 15) is 8.78 Å². The van der Waals surface area contributed by atoms with E-state index in [0.717, 1.165) is 24.6 Å². The van der Waals surface area contributed by atoms with E-state index in [-0.39, 0.29) is 6.04 Å². The lowest BCUT2D eigenvalue weighted by Gasteiger charge is -2.20. The molecule has 21 heavy (non-hydrogen) atoms. The Bertz CT molecular complexity index is 596. The molecule has 0 saturated carbocycles. The Kier molecular flexibility index (Phi) is 5.45. The van der Waals surface area contributed by atoms with Crippen LogP contribution in [0.2, 0.25) is 0 Å². The van der Waals surface area contributed by atoms with Crippen LogP contribution in [0.3, 0.4) is 0 Å². The molecule has 0 aromatic heterocycles. The van der Waals surface area contributed by atoms with E-state index in [1.54, 1.807) is 0 Å². The van der Waals surface area contributed by atoms with E-state index in [1.165, 1.54) is 17.7 Å². The van der Waals surface area contributed by atoms with Gasteiger partial charge in [0.15, 0.2) is 0 Å². The molecule has 0 amide bonds. The number of nitrogens with one attached hydrogen (secondary N) is 1. The molecule has 0 saturated heterocycles. The van der Waals surface area contributed by atoms with Crippen LogP contribution in [0.15, 0.2) is 42.5 Å². The molecule has 2 rings (SSSR count). The lowest BCUT2D eigenvalue weighted by atomic mass is 9.97. The summed E-state index contributed by atoms with van der Waals surface area (Å²) in [7, 11) is 0. The van der Waals surface area contributed by atoms with Crippen molar-refractivity contribution in [2.75, 3.05) is 6.54 Å². The minimum atomic E-state index is -0.541. The fourth-order valence-corrected chi connectivity index (χ4v) is 2.47. The molecule has 0 aliphatic rings. The molecule has 2 aromatic rings. The van der Waals surface area contributed by atoms with Crippen LogP contribution in [0.5, 0.6) is 0 Å². The molecule has 112 valence electrons. The average molecular weight is 289 g/mol. The molecule has 0 heterocycles. The first-order chi connectivity index (χ1) is 10.1. The molecule has 0 aliphatic carbocycles. The van der Waals surface area contributed by atoms with Gasteiger partial charge >= 0.3 is 0 Å². The third-order valence-electron chi connectivity index (χ3n) is 3.50. The Morgan fingerprint density at radius 1 is 1.10 bits per heavy atom. The highest BCUT2D eigenvalue weighted by atomic mass is 19.1. The van der Waals surface area contributed by atoms with Gasteiger partial charge in [-0.2, -0.15) is 0 Å². The molecule has 1 nitrogen and oxygen atoms in total. The highest BCUT2D eigenvalue weighted by Crippen LogP contribution is 2.22. The summed E-state index contributed by atoms with van der Waals surface area (Å²) >= 11 is 0. The second-order valence-electron chi connectivity index (χ2n) is 5.37. The number of hydrogen-bond acceptors (Lipinski definition) is 1. The minimum absolute atomic E-state index is 0.146. The van der Waals surface area contributed by atoms with E-state index in [4.69, 9.17) is 0 Å². The molecule has 3 heteroatoms. The highest BCUT2D eigenvalue weighted by Gasteiger charge is 2.16. The summed E-state index contributed by atoms with van der Waals surface area (Å²) in [5, 5.41) is 3.35. The normalized spacial score (nSPS) is 12.4. The van der Waals surface area contributed by atoms with E-state index in [0.29, 0.717) is 12.0 Å². The van der Waals surface area contributed by atoms with Crippen LogP contribution >= 0.6 is 0 Å². The quantitative estimate of drug-likeness (QED) is 0.822. The average Bonchev–Trinajstić information content (AvgIpc) is 2.44. The standard InChI is InChI=1S/C18H21F2N/c1-3-9-21-18(11-14-6-4-5-13(2)10-14)16-8-7-15(19)12-17(16)20/h4-8,10,12,18,21H,3,9,11H2,1-2H3. The van der Waals surface area contributed by atoms with Crippen LogP contribution in [-0.2, 0) is 6.42 Å². The summed E-state index contributed by atoms with van der Waals surface area (Å²) in [6, 6.07) is 11.8. The lowest BCUT2D eigenvalue weighted by Crippen LogP contribution is -2.25. The maximum absolute atomic E-state index is 14.0. The van der Waals surface area contributed by atoms with Crippen molar-refractivity contribution >= 4 is 0 Å². The first kappa shape index (κ1) is 15.6. The molecule has 0 aliphatic heterocycles. The topological polar surface area (TPSA) is 12.0 Å². The van der Waals surface area contributed by atoms with Gasteiger partial charge in [0, 0.05) is 17.7 Å². The molecule has 0 fully saturated rings. The van der Waals surface area contributed by atoms with Crippen LogP contribution < -0.4 is 5.32 Å². The van der Waals surface area contributed by atoms with Gasteiger partial charge in [-0.05, 0) is 37.9 Å². The predicted octanol–water partition coefficient (Wildman–Crippen LogP) is 4.56. The van der Waals surface area contributed by atoms with Gasteiger partial charge in [0.25, 0.3) is 0 Å².